The molecule has 2 aromatic rings. The molecule has 2 saturated heterocycles. The minimum absolute atomic E-state index is 0.306. The topological polar surface area (TPSA) is 112 Å². The summed E-state index contributed by atoms with van der Waals surface area (Å²) in [6.07, 6.45) is -2.08. The van der Waals surface area contributed by atoms with E-state index >= 15 is 0 Å². The predicted molar refractivity (Wildman–Crippen MR) is 115 cm³/mol. The second-order valence-corrected chi connectivity index (χ2v) is 8.33. The summed E-state index contributed by atoms with van der Waals surface area (Å²) in [5.74, 6) is -0.419. The molecule has 0 radical (unpaired) electrons. The van der Waals surface area contributed by atoms with Crippen molar-refractivity contribution in [2.45, 2.75) is 24.0 Å². The Morgan fingerprint density at radius 1 is 0.750 bits per heavy atom. The third kappa shape index (κ3) is 4.32. The average molecular weight is 459 g/mol. The first-order valence-electron chi connectivity index (χ1n) is 10.2. The van der Waals surface area contributed by atoms with Gasteiger partial charge >= 0.3 is 8.25 Å². The highest BCUT2D eigenvalue weighted by Crippen LogP contribution is 2.42. The molecule has 2 aromatic carbocycles. The Morgan fingerprint density at radius 2 is 1.16 bits per heavy atom. The second kappa shape index (κ2) is 9.65. The van der Waals surface area contributed by atoms with E-state index in [2.05, 4.69) is 10.6 Å². The molecular formula is C22H24N2O7P+. The van der Waals surface area contributed by atoms with E-state index in [4.69, 9.17) is 18.5 Å². The van der Waals surface area contributed by atoms with Gasteiger partial charge < -0.3 is 20.1 Å². The van der Waals surface area contributed by atoms with Crippen molar-refractivity contribution in [1.82, 2.24) is 10.6 Å². The molecule has 2 amide bonds. The van der Waals surface area contributed by atoms with Crippen LogP contribution in [-0.2, 0) is 23.2 Å². The Labute approximate surface area is 186 Å². The van der Waals surface area contributed by atoms with Gasteiger partial charge in [-0.05, 0) is 12.1 Å². The fraction of sp³-hybridized carbons (Fsp3) is 0.364. The largest absolute Gasteiger partial charge is 0.699 e. The van der Waals surface area contributed by atoms with E-state index in [-0.39, 0.29) is 0 Å². The summed E-state index contributed by atoms with van der Waals surface area (Å²) in [4.78, 5) is 24.8. The zero-order valence-electron chi connectivity index (χ0n) is 17.6. The molecule has 32 heavy (non-hydrogen) atoms. The Morgan fingerprint density at radius 3 is 1.56 bits per heavy atom. The highest BCUT2D eigenvalue weighted by molar-refractivity contribution is 7.33. The van der Waals surface area contributed by atoms with E-state index < -0.39 is 44.1 Å². The number of carbonyl (C=O) groups is 2. The first-order chi connectivity index (χ1) is 15.5. The van der Waals surface area contributed by atoms with Crippen molar-refractivity contribution in [3.8, 4) is 11.5 Å². The number of hydrogen-bond donors (Lipinski definition) is 2. The zero-order valence-corrected chi connectivity index (χ0v) is 18.5. The van der Waals surface area contributed by atoms with Crippen LogP contribution in [0.3, 0.4) is 0 Å². The summed E-state index contributed by atoms with van der Waals surface area (Å²) in [7, 11) is 0.311. The van der Waals surface area contributed by atoms with Gasteiger partial charge in [-0.3, -0.25) is 9.59 Å². The minimum Gasteiger partial charge on any atom is -0.496 e. The van der Waals surface area contributed by atoms with Gasteiger partial charge in [0.25, 0.3) is 11.8 Å². The lowest BCUT2D eigenvalue weighted by molar-refractivity contribution is -0.126. The van der Waals surface area contributed by atoms with E-state index in [1.807, 2.05) is 36.4 Å². The van der Waals surface area contributed by atoms with Crippen LogP contribution in [0.15, 0.2) is 48.5 Å². The van der Waals surface area contributed by atoms with Crippen molar-refractivity contribution in [3.63, 3.8) is 0 Å². The van der Waals surface area contributed by atoms with Crippen LogP contribution in [0.25, 0.3) is 0 Å². The summed E-state index contributed by atoms with van der Waals surface area (Å²) in [6.45, 7) is 0.613. The number of amides is 2. The maximum atomic E-state index is 12.8. The number of benzene rings is 2. The molecule has 2 aliphatic rings. The van der Waals surface area contributed by atoms with Crippen LogP contribution in [-0.4, -0.2) is 51.3 Å². The molecule has 10 heteroatoms. The maximum Gasteiger partial charge on any atom is 0.699 e. The first kappa shape index (κ1) is 22.2. The molecule has 4 atom stereocenters. The normalized spacial score (nSPS) is 25.2. The van der Waals surface area contributed by atoms with Crippen molar-refractivity contribution >= 4 is 20.1 Å². The summed E-state index contributed by atoms with van der Waals surface area (Å²) in [5, 5.41) is 5.46. The SMILES string of the molecule is COc1ccccc1C1CNC(=O)C1O[P+](=O)OC1C(=O)NCC1c1ccccc1OC. The Kier molecular flexibility index (Phi) is 6.69. The van der Waals surface area contributed by atoms with Crippen LogP contribution in [0.1, 0.15) is 23.0 Å². The second-order valence-electron chi connectivity index (χ2n) is 7.46. The predicted octanol–water partition coefficient (Wildman–Crippen LogP) is 2.26. The monoisotopic (exact) mass is 459 g/mol. The van der Waals surface area contributed by atoms with Gasteiger partial charge in [0.05, 0.1) is 14.2 Å². The standard InChI is InChI=1S/C22H23N2O7P/c1-28-17-9-5-3-7-13(17)15-11-23-21(25)19(15)30-32(27)31-20-16(12-24-22(20)26)14-8-4-6-10-18(14)29-2/h3-10,15-16,19-20H,11-12H2,1-2H3,(H-,23,24,25,26)/p+1. The van der Waals surface area contributed by atoms with Crippen LogP contribution >= 0.6 is 8.25 Å². The molecule has 0 spiro atoms. The summed E-state index contributed by atoms with van der Waals surface area (Å²) >= 11 is 0. The third-order valence-corrected chi connectivity index (χ3v) is 6.51. The van der Waals surface area contributed by atoms with E-state index in [0.717, 1.165) is 11.1 Å². The van der Waals surface area contributed by atoms with Crippen LogP contribution in [0.2, 0.25) is 0 Å². The number of ether oxygens (including phenoxy) is 2. The van der Waals surface area contributed by atoms with Crippen molar-refractivity contribution in [2.24, 2.45) is 0 Å². The van der Waals surface area contributed by atoms with Crippen LogP contribution in [0.5, 0.6) is 11.5 Å². The molecule has 4 rings (SSSR count). The Balaban J connectivity index is 1.50. The number of nitrogens with one attached hydrogen (secondary N) is 2. The van der Waals surface area contributed by atoms with Gasteiger partial charge in [0.15, 0.2) is 0 Å². The molecule has 2 heterocycles. The molecular weight excluding hydrogens is 435 g/mol. The van der Waals surface area contributed by atoms with Gasteiger partial charge in [-0.15, -0.1) is 9.05 Å². The smallest absolute Gasteiger partial charge is 0.496 e. The Hall–Kier alpha value is -3.00. The quantitative estimate of drug-likeness (QED) is 0.583. The lowest BCUT2D eigenvalue weighted by atomic mass is 9.95. The van der Waals surface area contributed by atoms with Crippen molar-refractivity contribution < 1.29 is 32.7 Å². The highest BCUT2D eigenvalue weighted by atomic mass is 31.1. The van der Waals surface area contributed by atoms with Gasteiger partial charge in [-0.1, -0.05) is 36.4 Å². The molecule has 2 N–H and O–H groups in total. The number of methoxy groups -OCH3 is 2. The minimum atomic E-state index is -2.77. The molecule has 2 fully saturated rings. The summed E-state index contributed by atoms with van der Waals surface area (Å²) in [5.41, 5.74) is 1.51. The molecule has 2 aliphatic heterocycles. The van der Waals surface area contributed by atoms with E-state index in [1.165, 1.54) is 0 Å². The fourth-order valence-corrected chi connectivity index (χ4v) is 5.05. The number of carbonyl (C=O) groups excluding carboxylic acids is 2. The lowest BCUT2D eigenvalue weighted by Gasteiger charge is -2.17. The highest BCUT2D eigenvalue weighted by Gasteiger charge is 2.49. The molecule has 168 valence electrons. The van der Waals surface area contributed by atoms with E-state index in [9.17, 15) is 14.2 Å². The van der Waals surface area contributed by atoms with Crippen LogP contribution in [0, 0.1) is 0 Å². The van der Waals surface area contributed by atoms with Gasteiger partial charge in [-0.25, -0.2) is 0 Å². The summed E-state index contributed by atoms with van der Waals surface area (Å²) < 4.78 is 34.7. The van der Waals surface area contributed by atoms with Gasteiger partial charge in [0, 0.05) is 40.6 Å². The number of hydrogen-bond acceptors (Lipinski definition) is 7. The van der Waals surface area contributed by atoms with Crippen LogP contribution < -0.4 is 20.1 Å². The molecule has 0 aromatic heterocycles. The molecule has 0 aliphatic carbocycles. The summed E-state index contributed by atoms with van der Waals surface area (Å²) in [6, 6.07) is 14.5. The van der Waals surface area contributed by atoms with Crippen molar-refractivity contribution in [3.05, 3.63) is 59.7 Å². The van der Waals surface area contributed by atoms with E-state index in [1.54, 1.807) is 26.4 Å². The number of rotatable bonds is 8. The van der Waals surface area contributed by atoms with Gasteiger partial charge in [0.1, 0.15) is 11.5 Å². The van der Waals surface area contributed by atoms with Crippen molar-refractivity contribution in [1.29, 1.82) is 0 Å². The zero-order chi connectivity index (χ0) is 22.7. The van der Waals surface area contributed by atoms with Crippen LogP contribution in [0.4, 0.5) is 0 Å². The average Bonchev–Trinajstić information content (AvgIpc) is 3.36. The third-order valence-electron chi connectivity index (χ3n) is 5.72. The molecule has 9 nitrogen and oxygen atoms in total. The first-order valence-corrected chi connectivity index (χ1v) is 11.2. The van der Waals surface area contributed by atoms with Crippen molar-refractivity contribution in [2.75, 3.05) is 27.3 Å². The van der Waals surface area contributed by atoms with Gasteiger partial charge in [0.2, 0.25) is 12.2 Å². The molecule has 0 saturated carbocycles. The maximum absolute atomic E-state index is 12.8. The van der Waals surface area contributed by atoms with E-state index in [0.29, 0.717) is 24.6 Å². The number of para-hydroxylation sites is 2. The fourth-order valence-electron chi connectivity index (χ4n) is 4.15. The Bertz CT molecular complexity index is 951. The van der Waals surface area contributed by atoms with Gasteiger partial charge in [-0.2, -0.15) is 0 Å². The lowest BCUT2D eigenvalue weighted by Crippen LogP contribution is -2.28. The molecule has 0 bridgehead atoms. The molecule has 4 unspecified atom stereocenters.